The van der Waals surface area contributed by atoms with E-state index in [9.17, 15) is 8.42 Å². The van der Waals surface area contributed by atoms with Crippen molar-refractivity contribution < 1.29 is 12.8 Å². The van der Waals surface area contributed by atoms with Crippen LogP contribution in [0.15, 0.2) is 27.9 Å². The number of hydrogen-bond acceptors (Lipinski definition) is 4. The van der Waals surface area contributed by atoms with Crippen LogP contribution in [0, 0.1) is 5.92 Å². The first-order chi connectivity index (χ1) is 7.09. The van der Waals surface area contributed by atoms with Crippen molar-refractivity contribution in [3.63, 3.8) is 0 Å². The van der Waals surface area contributed by atoms with Gasteiger partial charge in [-0.1, -0.05) is 0 Å². The van der Waals surface area contributed by atoms with Crippen LogP contribution in [-0.4, -0.2) is 21.0 Å². The van der Waals surface area contributed by atoms with Crippen molar-refractivity contribution in [2.24, 2.45) is 11.7 Å². The highest BCUT2D eigenvalue weighted by Gasteiger charge is 2.29. The maximum atomic E-state index is 11.6. The van der Waals surface area contributed by atoms with Crippen molar-refractivity contribution in [3.8, 4) is 0 Å². The monoisotopic (exact) mass is 230 g/mol. The van der Waals surface area contributed by atoms with Gasteiger partial charge in [-0.2, -0.15) is 0 Å². The second-order valence-electron chi connectivity index (χ2n) is 3.79. The Hall–Kier alpha value is -0.850. The van der Waals surface area contributed by atoms with Gasteiger partial charge in [0.1, 0.15) is 0 Å². The summed E-state index contributed by atoms with van der Waals surface area (Å²) in [6, 6.07) is 2.86. The lowest BCUT2D eigenvalue weighted by Gasteiger charge is -2.10. The molecule has 0 aliphatic heterocycles. The van der Waals surface area contributed by atoms with Crippen LogP contribution in [-0.2, 0) is 10.0 Å². The van der Waals surface area contributed by atoms with Crippen LogP contribution >= 0.6 is 0 Å². The average molecular weight is 230 g/mol. The van der Waals surface area contributed by atoms with E-state index in [-0.39, 0.29) is 17.7 Å². The molecule has 84 valence electrons. The predicted octanol–water partition coefficient (Wildman–Crippen LogP) is 0.295. The molecule has 1 atom stereocenters. The lowest BCUT2D eigenvalue weighted by atomic mass is 10.2. The molecule has 1 aliphatic carbocycles. The Balaban J connectivity index is 1.93. The number of rotatable bonds is 5. The van der Waals surface area contributed by atoms with Gasteiger partial charge in [-0.15, -0.1) is 0 Å². The van der Waals surface area contributed by atoms with Crippen molar-refractivity contribution in [2.45, 2.75) is 24.0 Å². The Bertz CT molecular complexity index is 409. The smallest absolute Gasteiger partial charge is 0.273 e. The molecule has 6 heteroatoms. The summed E-state index contributed by atoms with van der Waals surface area (Å²) in [6.07, 6.45) is 3.53. The van der Waals surface area contributed by atoms with Crippen molar-refractivity contribution in [1.82, 2.24) is 4.72 Å². The van der Waals surface area contributed by atoms with E-state index in [1.54, 1.807) is 0 Å². The summed E-state index contributed by atoms with van der Waals surface area (Å²) in [7, 11) is -3.51. The lowest BCUT2D eigenvalue weighted by molar-refractivity contribution is 0.443. The van der Waals surface area contributed by atoms with Crippen molar-refractivity contribution in [1.29, 1.82) is 0 Å². The Morgan fingerprint density at radius 2 is 2.33 bits per heavy atom. The first kappa shape index (κ1) is 10.7. The topological polar surface area (TPSA) is 85.3 Å². The molecule has 1 unspecified atom stereocenters. The highest BCUT2D eigenvalue weighted by atomic mass is 32.2. The van der Waals surface area contributed by atoms with E-state index in [0.29, 0.717) is 5.92 Å². The summed E-state index contributed by atoms with van der Waals surface area (Å²) in [6.45, 7) is 0.272. The van der Waals surface area contributed by atoms with Crippen LogP contribution in [0.3, 0.4) is 0 Å². The van der Waals surface area contributed by atoms with E-state index in [1.807, 2.05) is 0 Å². The van der Waals surface area contributed by atoms with Crippen LogP contribution in [0.5, 0.6) is 0 Å². The van der Waals surface area contributed by atoms with Crippen LogP contribution in [0.1, 0.15) is 12.8 Å². The van der Waals surface area contributed by atoms with Gasteiger partial charge in [0.25, 0.3) is 10.0 Å². The van der Waals surface area contributed by atoms with Crippen LogP contribution in [0.2, 0.25) is 0 Å². The van der Waals surface area contributed by atoms with Crippen molar-refractivity contribution in [3.05, 3.63) is 18.4 Å². The number of nitrogens with two attached hydrogens (primary N) is 1. The molecule has 0 spiro atoms. The molecule has 0 aromatic carbocycles. The van der Waals surface area contributed by atoms with Crippen LogP contribution in [0.25, 0.3) is 0 Å². The molecule has 3 N–H and O–H groups in total. The molecule has 1 aliphatic rings. The second kappa shape index (κ2) is 3.96. The van der Waals surface area contributed by atoms with Gasteiger partial charge in [0.2, 0.25) is 5.09 Å². The zero-order valence-electron chi connectivity index (χ0n) is 8.22. The molecule has 2 rings (SSSR count). The second-order valence-corrected chi connectivity index (χ2v) is 5.48. The fraction of sp³-hybridized carbons (Fsp3) is 0.556. The Kier molecular flexibility index (Phi) is 2.81. The van der Waals surface area contributed by atoms with Crippen LogP contribution in [0.4, 0.5) is 0 Å². The first-order valence-electron chi connectivity index (χ1n) is 4.88. The van der Waals surface area contributed by atoms with Gasteiger partial charge in [0.15, 0.2) is 0 Å². The molecule has 0 radical (unpaired) electrons. The molecule has 0 amide bonds. The molecule has 1 aromatic rings. The van der Waals surface area contributed by atoms with Crippen molar-refractivity contribution in [2.75, 3.05) is 6.54 Å². The minimum Gasteiger partial charge on any atom is -0.452 e. The molecule has 15 heavy (non-hydrogen) atoms. The van der Waals surface area contributed by atoms with Gasteiger partial charge in [0.05, 0.1) is 6.26 Å². The molecular formula is C9H14N2O3S. The minimum atomic E-state index is -3.51. The largest absolute Gasteiger partial charge is 0.452 e. The van der Waals surface area contributed by atoms with Crippen molar-refractivity contribution >= 4 is 10.0 Å². The number of hydrogen-bond donors (Lipinski definition) is 2. The molecular weight excluding hydrogens is 216 g/mol. The third-order valence-electron chi connectivity index (χ3n) is 2.50. The Morgan fingerprint density at radius 1 is 1.60 bits per heavy atom. The highest BCUT2D eigenvalue weighted by Crippen LogP contribution is 2.31. The number of sulfonamides is 1. The van der Waals surface area contributed by atoms with E-state index in [0.717, 1.165) is 12.8 Å². The van der Waals surface area contributed by atoms with E-state index in [4.69, 9.17) is 10.2 Å². The molecule has 1 saturated carbocycles. The maximum absolute atomic E-state index is 11.6. The van der Waals surface area contributed by atoms with E-state index in [1.165, 1.54) is 18.4 Å². The van der Waals surface area contributed by atoms with E-state index < -0.39 is 10.0 Å². The summed E-state index contributed by atoms with van der Waals surface area (Å²) in [4.78, 5) is 0. The van der Waals surface area contributed by atoms with Gasteiger partial charge in [-0.3, -0.25) is 0 Å². The van der Waals surface area contributed by atoms with Gasteiger partial charge >= 0.3 is 0 Å². The first-order valence-corrected chi connectivity index (χ1v) is 6.36. The highest BCUT2D eigenvalue weighted by molar-refractivity contribution is 7.89. The quantitative estimate of drug-likeness (QED) is 0.761. The zero-order chi connectivity index (χ0) is 10.9. The fourth-order valence-electron chi connectivity index (χ4n) is 1.38. The Labute approximate surface area is 88.7 Å². The molecule has 0 bridgehead atoms. The summed E-state index contributed by atoms with van der Waals surface area (Å²) >= 11 is 0. The Morgan fingerprint density at radius 3 is 2.87 bits per heavy atom. The fourth-order valence-corrected chi connectivity index (χ4v) is 2.38. The third-order valence-corrected chi connectivity index (χ3v) is 3.81. The minimum absolute atomic E-state index is 0.0644. The van der Waals surface area contributed by atoms with Crippen LogP contribution < -0.4 is 10.5 Å². The summed E-state index contributed by atoms with van der Waals surface area (Å²) in [5.74, 6) is 0.476. The predicted molar refractivity (Wildman–Crippen MR) is 54.6 cm³/mol. The SMILES string of the molecule is NC(CNS(=O)(=O)c1ccco1)C1CC1. The summed E-state index contributed by atoms with van der Waals surface area (Å²) in [5, 5.41) is -0.0644. The summed E-state index contributed by atoms with van der Waals surface area (Å²) in [5.41, 5.74) is 5.78. The number of furan rings is 1. The third kappa shape index (κ3) is 2.58. The van der Waals surface area contributed by atoms with Gasteiger partial charge in [-0.05, 0) is 30.9 Å². The molecule has 1 fully saturated rings. The normalized spacial score (nSPS) is 19.0. The molecule has 5 nitrogen and oxygen atoms in total. The molecule has 1 heterocycles. The van der Waals surface area contributed by atoms with E-state index >= 15 is 0 Å². The molecule has 1 aromatic heterocycles. The maximum Gasteiger partial charge on any atom is 0.273 e. The zero-order valence-corrected chi connectivity index (χ0v) is 9.03. The lowest BCUT2D eigenvalue weighted by Crippen LogP contribution is -2.38. The van der Waals surface area contributed by atoms with Gasteiger partial charge in [0, 0.05) is 12.6 Å². The molecule has 0 saturated heterocycles. The standard InChI is InChI=1S/C9H14N2O3S/c10-8(7-3-4-7)6-11-15(12,13)9-2-1-5-14-9/h1-2,5,7-8,11H,3-4,6,10H2. The van der Waals surface area contributed by atoms with E-state index in [2.05, 4.69) is 4.72 Å². The summed E-state index contributed by atoms with van der Waals surface area (Å²) < 4.78 is 30.4. The number of nitrogens with one attached hydrogen (secondary N) is 1. The van der Waals surface area contributed by atoms with Gasteiger partial charge in [-0.25, -0.2) is 13.1 Å². The average Bonchev–Trinajstić information content (AvgIpc) is 2.89. The van der Waals surface area contributed by atoms with Gasteiger partial charge < -0.3 is 10.2 Å².